The molecule has 0 fully saturated rings. The van der Waals surface area contributed by atoms with Gasteiger partial charge in [0, 0.05) is 7.05 Å². The molecule has 5 nitrogen and oxygen atoms in total. The highest BCUT2D eigenvalue weighted by Crippen LogP contribution is 2.32. The highest BCUT2D eigenvalue weighted by molar-refractivity contribution is 6.42. The van der Waals surface area contributed by atoms with Gasteiger partial charge in [-0.05, 0) is 12.1 Å². The summed E-state index contributed by atoms with van der Waals surface area (Å²) in [6.07, 6.45) is -4.73. The Hall–Kier alpha value is -1.67. The van der Waals surface area contributed by atoms with Crippen LogP contribution in [0.1, 0.15) is 0 Å². The summed E-state index contributed by atoms with van der Waals surface area (Å²) in [5, 5.41) is 3.53. The fraction of sp³-hybridized carbons (Fsp3) is 0.273. The van der Waals surface area contributed by atoms with Crippen LogP contribution in [0.5, 0.6) is 6.01 Å². The normalized spacial score (nSPS) is 12.8. The Labute approximate surface area is 127 Å². The van der Waals surface area contributed by atoms with Gasteiger partial charge < -0.3 is 10.2 Å². The van der Waals surface area contributed by atoms with Crippen LogP contribution >= 0.6 is 23.2 Å². The number of imidazole rings is 1. The number of alkyl halides is 3. The van der Waals surface area contributed by atoms with Crippen molar-refractivity contribution in [1.29, 1.82) is 0 Å². The zero-order valence-corrected chi connectivity index (χ0v) is 12.3. The molecular weight excluding hydrogens is 332 g/mol. The van der Waals surface area contributed by atoms with Crippen LogP contribution in [-0.2, 0) is 0 Å². The van der Waals surface area contributed by atoms with Crippen LogP contribution in [0.3, 0.4) is 0 Å². The number of aromatic nitrogens is 2. The molecule has 0 unspecified atom stereocenters. The van der Waals surface area contributed by atoms with Crippen LogP contribution in [0.2, 0.25) is 10.0 Å². The van der Waals surface area contributed by atoms with Gasteiger partial charge in [-0.3, -0.25) is 0 Å². The molecule has 0 aliphatic rings. The van der Waals surface area contributed by atoms with Gasteiger partial charge in [-0.1, -0.05) is 23.2 Å². The lowest BCUT2D eigenvalue weighted by atomic mass is 10.3. The third-order valence-corrected chi connectivity index (χ3v) is 3.25. The third kappa shape index (κ3) is 2.86. The summed E-state index contributed by atoms with van der Waals surface area (Å²) in [5.41, 5.74) is 2.39. The summed E-state index contributed by atoms with van der Waals surface area (Å²) >= 11 is 11.7. The monoisotopic (exact) mass is 340 g/mol. The molecule has 0 aliphatic carbocycles. The van der Waals surface area contributed by atoms with E-state index in [1.165, 1.54) is 26.3 Å². The van der Waals surface area contributed by atoms with Gasteiger partial charge in [0.15, 0.2) is 0 Å². The predicted octanol–water partition coefficient (Wildman–Crippen LogP) is 3.30. The third-order valence-electron chi connectivity index (χ3n) is 2.53. The summed E-state index contributed by atoms with van der Waals surface area (Å²) in [6.45, 7) is 0. The summed E-state index contributed by atoms with van der Waals surface area (Å²) in [7, 11) is 2.45. The van der Waals surface area contributed by atoms with E-state index in [1.54, 1.807) is 0 Å². The molecule has 2 aromatic rings. The SMILES string of the molecule is CN/N=C(/n1c(OC)nc2cc(Cl)c(Cl)cc21)C(F)(F)F. The second-order valence-corrected chi connectivity index (χ2v) is 4.66. The largest absolute Gasteiger partial charge is 0.468 e. The Bertz CT molecular complexity index is 712. The first-order valence-electron chi connectivity index (χ1n) is 5.53. The van der Waals surface area contributed by atoms with Crippen molar-refractivity contribution < 1.29 is 17.9 Å². The van der Waals surface area contributed by atoms with Crippen molar-refractivity contribution in [2.45, 2.75) is 6.18 Å². The standard InChI is InChI=1S/C11H9Cl2F3N4O/c1-17-19-9(11(14,15)16)20-8-4-6(13)5(12)3-7(8)18-10(20)21-2/h3-4,17H,1-2H3/b19-9+. The number of nitrogens with one attached hydrogen (secondary N) is 1. The fourth-order valence-electron chi connectivity index (χ4n) is 1.74. The van der Waals surface area contributed by atoms with Crippen LogP contribution in [-0.4, -0.2) is 35.7 Å². The lowest BCUT2D eigenvalue weighted by Crippen LogP contribution is -2.32. The number of benzene rings is 1. The van der Waals surface area contributed by atoms with Crippen molar-refractivity contribution in [3.05, 3.63) is 22.2 Å². The average Bonchev–Trinajstić information content (AvgIpc) is 2.72. The Balaban J connectivity index is 2.82. The van der Waals surface area contributed by atoms with E-state index < -0.39 is 12.0 Å². The lowest BCUT2D eigenvalue weighted by Gasteiger charge is -2.13. The highest BCUT2D eigenvalue weighted by atomic mass is 35.5. The van der Waals surface area contributed by atoms with E-state index in [2.05, 4.69) is 15.5 Å². The molecule has 0 aliphatic heterocycles. The first kappa shape index (κ1) is 15.7. The minimum absolute atomic E-state index is 0.0765. The number of rotatable bonds is 2. The second kappa shape index (κ2) is 5.61. The maximum Gasteiger partial charge on any atom is 0.452 e. The fourth-order valence-corrected chi connectivity index (χ4v) is 2.05. The van der Waals surface area contributed by atoms with Crippen molar-refractivity contribution in [1.82, 2.24) is 15.0 Å². The van der Waals surface area contributed by atoms with Crippen molar-refractivity contribution in [2.75, 3.05) is 14.2 Å². The average molecular weight is 341 g/mol. The molecule has 0 amide bonds. The molecule has 0 spiro atoms. The van der Waals surface area contributed by atoms with Gasteiger partial charge in [0.2, 0.25) is 5.84 Å². The maximum atomic E-state index is 13.2. The van der Waals surface area contributed by atoms with Gasteiger partial charge in [-0.25, -0.2) is 4.57 Å². The van der Waals surface area contributed by atoms with Gasteiger partial charge in [0.05, 0.1) is 28.2 Å². The number of halogens is 5. The lowest BCUT2D eigenvalue weighted by molar-refractivity contribution is -0.0621. The van der Waals surface area contributed by atoms with E-state index in [1.807, 2.05) is 0 Å². The second-order valence-electron chi connectivity index (χ2n) is 3.85. The Morgan fingerprint density at radius 1 is 1.33 bits per heavy atom. The number of hydrogen-bond donors (Lipinski definition) is 1. The number of nitrogens with zero attached hydrogens (tertiary/aromatic N) is 3. The molecule has 1 aromatic carbocycles. The molecule has 10 heteroatoms. The quantitative estimate of drug-likeness (QED) is 0.518. The smallest absolute Gasteiger partial charge is 0.452 e. The van der Waals surface area contributed by atoms with Gasteiger partial charge in [0.1, 0.15) is 0 Å². The van der Waals surface area contributed by atoms with Gasteiger partial charge in [-0.2, -0.15) is 23.3 Å². The van der Waals surface area contributed by atoms with Crippen molar-refractivity contribution >= 4 is 40.1 Å². The zero-order chi connectivity index (χ0) is 15.8. The van der Waals surface area contributed by atoms with Crippen LogP contribution in [0.25, 0.3) is 11.0 Å². The number of fused-ring (bicyclic) bond motifs is 1. The summed E-state index contributed by atoms with van der Waals surface area (Å²) in [6, 6.07) is 2.34. The molecule has 114 valence electrons. The number of hydrazone groups is 1. The minimum atomic E-state index is -4.73. The highest BCUT2D eigenvalue weighted by Gasteiger charge is 2.40. The molecule has 21 heavy (non-hydrogen) atoms. The van der Waals surface area contributed by atoms with E-state index in [4.69, 9.17) is 27.9 Å². The molecule has 0 radical (unpaired) electrons. The molecule has 1 heterocycles. The van der Waals surface area contributed by atoms with E-state index in [0.717, 1.165) is 0 Å². The van der Waals surface area contributed by atoms with E-state index in [0.29, 0.717) is 4.57 Å². The van der Waals surface area contributed by atoms with E-state index in [9.17, 15) is 13.2 Å². The van der Waals surface area contributed by atoms with E-state index in [-0.39, 0.29) is 27.1 Å². The minimum Gasteiger partial charge on any atom is -0.468 e. The van der Waals surface area contributed by atoms with Gasteiger partial charge in [0.25, 0.3) is 0 Å². The Kier molecular flexibility index (Phi) is 4.20. The molecule has 1 N–H and O–H groups in total. The van der Waals surface area contributed by atoms with Crippen molar-refractivity contribution in [3.63, 3.8) is 0 Å². The predicted molar refractivity (Wildman–Crippen MR) is 74.3 cm³/mol. The summed E-state index contributed by atoms with van der Waals surface area (Å²) in [4.78, 5) is 3.94. The maximum absolute atomic E-state index is 13.2. The number of hydrogen-bond acceptors (Lipinski definition) is 4. The molecule has 0 saturated heterocycles. The first-order valence-corrected chi connectivity index (χ1v) is 6.28. The Morgan fingerprint density at radius 2 is 1.95 bits per heavy atom. The van der Waals surface area contributed by atoms with E-state index >= 15 is 0 Å². The zero-order valence-electron chi connectivity index (χ0n) is 10.8. The molecule has 2 rings (SSSR count). The van der Waals surface area contributed by atoms with Crippen molar-refractivity contribution in [3.8, 4) is 6.01 Å². The first-order chi connectivity index (χ1) is 9.79. The Morgan fingerprint density at radius 3 is 2.48 bits per heavy atom. The van der Waals surface area contributed by atoms with Gasteiger partial charge in [-0.15, -0.1) is 0 Å². The van der Waals surface area contributed by atoms with Crippen LogP contribution < -0.4 is 10.2 Å². The molecular formula is C11H9Cl2F3N4O. The number of methoxy groups -OCH3 is 1. The topological polar surface area (TPSA) is 51.4 Å². The van der Waals surface area contributed by atoms with Crippen LogP contribution in [0.15, 0.2) is 17.2 Å². The van der Waals surface area contributed by atoms with Crippen LogP contribution in [0.4, 0.5) is 13.2 Å². The summed E-state index contributed by atoms with van der Waals surface area (Å²) in [5.74, 6) is -1.23. The molecule has 0 saturated carbocycles. The molecule has 1 aromatic heterocycles. The van der Waals surface area contributed by atoms with Gasteiger partial charge >= 0.3 is 12.2 Å². The van der Waals surface area contributed by atoms with Crippen LogP contribution in [0, 0.1) is 0 Å². The van der Waals surface area contributed by atoms with Crippen molar-refractivity contribution in [2.24, 2.45) is 5.10 Å². The number of ether oxygens (including phenoxy) is 1. The molecule has 0 atom stereocenters. The molecule has 0 bridgehead atoms. The summed E-state index contributed by atoms with van der Waals surface area (Å²) < 4.78 is 45.1.